The second-order valence-corrected chi connectivity index (χ2v) is 4.79. The van der Waals surface area contributed by atoms with E-state index in [1.165, 1.54) is 6.20 Å². The van der Waals surface area contributed by atoms with E-state index < -0.39 is 0 Å². The molecular formula is C17H25N3O5. The van der Waals surface area contributed by atoms with Crippen LogP contribution in [0, 0.1) is 12.3 Å². The van der Waals surface area contributed by atoms with Gasteiger partial charge in [-0.1, -0.05) is 5.92 Å². The summed E-state index contributed by atoms with van der Waals surface area (Å²) in [6.07, 6.45) is 6.75. The molecule has 2 amide bonds. The molecule has 8 nitrogen and oxygen atoms in total. The Hall–Kier alpha value is -2.18. The van der Waals surface area contributed by atoms with Crippen molar-refractivity contribution >= 4 is 11.8 Å². The number of terminal acetylenes is 1. The Morgan fingerprint density at radius 3 is 2.28 bits per heavy atom. The van der Waals surface area contributed by atoms with Crippen LogP contribution in [-0.2, 0) is 18.9 Å². The third kappa shape index (κ3) is 11.1. The first kappa shape index (κ1) is 20.9. The molecule has 0 saturated carbocycles. The van der Waals surface area contributed by atoms with Gasteiger partial charge in [-0.2, -0.15) is 0 Å². The van der Waals surface area contributed by atoms with Gasteiger partial charge in [0.2, 0.25) is 0 Å². The molecule has 0 radical (unpaired) electrons. The van der Waals surface area contributed by atoms with Crippen molar-refractivity contribution in [3.8, 4) is 12.3 Å². The Labute approximate surface area is 148 Å². The molecule has 0 fully saturated rings. The van der Waals surface area contributed by atoms with Gasteiger partial charge in [-0.15, -0.1) is 6.42 Å². The van der Waals surface area contributed by atoms with Crippen LogP contribution in [0.1, 0.15) is 5.56 Å². The van der Waals surface area contributed by atoms with Gasteiger partial charge < -0.3 is 24.3 Å². The summed E-state index contributed by atoms with van der Waals surface area (Å²) in [6.45, 7) is 3.89. The Balaban J connectivity index is 1.92. The Bertz CT molecular complexity index is 516. The zero-order chi connectivity index (χ0) is 18.2. The molecule has 0 aromatic carbocycles. The monoisotopic (exact) mass is 351 g/mol. The van der Waals surface area contributed by atoms with Gasteiger partial charge >= 0.3 is 6.03 Å². The molecule has 0 aliphatic heterocycles. The molecule has 1 heterocycles. The van der Waals surface area contributed by atoms with E-state index in [1.807, 2.05) is 0 Å². The number of hydrogen-bond donors (Lipinski definition) is 2. The first-order chi connectivity index (χ1) is 12.3. The second kappa shape index (κ2) is 14.2. The lowest BCUT2D eigenvalue weighted by Crippen LogP contribution is -2.32. The fourth-order valence-corrected chi connectivity index (χ4v) is 1.63. The summed E-state index contributed by atoms with van der Waals surface area (Å²) in [5.74, 6) is 2.88. The summed E-state index contributed by atoms with van der Waals surface area (Å²) in [5, 5.41) is 5.26. The molecule has 1 aromatic rings. The van der Waals surface area contributed by atoms with Crippen molar-refractivity contribution in [2.45, 2.75) is 0 Å². The standard InChI is InChI=1S/C17H25N3O5/c1-3-15-4-5-16(19-14-15)20-17(21)18-6-7-23-10-11-25-13-12-24-9-8-22-2/h1,4-5,14H,6-13H2,2H3,(H2,18,19,20,21). The fourth-order valence-electron chi connectivity index (χ4n) is 1.63. The number of carbonyl (C=O) groups excluding carboxylic acids is 1. The predicted molar refractivity (Wildman–Crippen MR) is 93.5 cm³/mol. The fraction of sp³-hybridized carbons (Fsp3) is 0.529. The van der Waals surface area contributed by atoms with Gasteiger partial charge in [-0.05, 0) is 12.1 Å². The summed E-state index contributed by atoms with van der Waals surface area (Å²) in [6, 6.07) is 2.99. The van der Waals surface area contributed by atoms with Gasteiger partial charge in [0.25, 0.3) is 0 Å². The van der Waals surface area contributed by atoms with E-state index in [0.717, 1.165) is 0 Å². The summed E-state index contributed by atoms with van der Waals surface area (Å²) < 4.78 is 20.8. The molecule has 0 aliphatic rings. The lowest BCUT2D eigenvalue weighted by Gasteiger charge is -2.08. The van der Waals surface area contributed by atoms with Crippen LogP contribution in [0.25, 0.3) is 0 Å². The molecule has 1 aromatic heterocycles. The second-order valence-electron chi connectivity index (χ2n) is 4.79. The topological polar surface area (TPSA) is 90.9 Å². The quantitative estimate of drug-likeness (QED) is 0.405. The SMILES string of the molecule is C#Cc1ccc(NC(=O)NCCOCCOCCOCCOC)nc1. The van der Waals surface area contributed by atoms with E-state index in [4.69, 9.17) is 25.4 Å². The van der Waals surface area contributed by atoms with Crippen molar-refractivity contribution in [3.05, 3.63) is 23.9 Å². The van der Waals surface area contributed by atoms with Gasteiger partial charge in [0.15, 0.2) is 0 Å². The molecule has 8 heteroatoms. The van der Waals surface area contributed by atoms with Crippen molar-refractivity contribution in [2.24, 2.45) is 0 Å². The maximum absolute atomic E-state index is 11.6. The van der Waals surface area contributed by atoms with Gasteiger partial charge in [0, 0.05) is 25.4 Å². The maximum atomic E-state index is 11.6. The zero-order valence-corrected chi connectivity index (χ0v) is 14.5. The molecule has 0 bridgehead atoms. The number of methoxy groups -OCH3 is 1. The van der Waals surface area contributed by atoms with Crippen LogP contribution in [-0.4, -0.2) is 70.9 Å². The first-order valence-electron chi connectivity index (χ1n) is 7.96. The smallest absolute Gasteiger partial charge is 0.320 e. The summed E-state index contributed by atoms with van der Waals surface area (Å²) in [5.41, 5.74) is 0.656. The number of nitrogens with zero attached hydrogens (tertiary/aromatic N) is 1. The minimum Gasteiger partial charge on any atom is -0.382 e. The van der Waals surface area contributed by atoms with Crippen LogP contribution in [0.5, 0.6) is 0 Å². The highest BCUT2D eigenvalue weighted by Gasteiger charge is 2.01. The molecule has 1 rings (SSSR count). The Morgan fingerprint density at radius 2 is 1.72 bits per heavy atom. The number of carbonyl (C=O) groups is 1. The van der Waals surface area contributed by atoms with Crippen molar-refractivity contribution in [3.63, 3.8) is 0 Å². The highest BCUT2D eigenvalue weighted by Crippen LogP contribution is 2.03. The number of amides is 2. The number of aromatic nitrogens is 1. The lowest BCUT2D eigenvalue weighted by molar-refractivity contribution is 0.00431. The number of pyridine rings is 1. The molecule has 0 atom stereocenters. The number of nitrogens with one attached hydrogen (secondary N) is 2. The minimum atomic E-state index is -0.353. The Kier molecular flexibility index (Phi) is 11.8. The number of ether oxygens (including phenoxy) is 4. The largest absolute Gasteiger partial charge is 0.382 e. The third-order valence-corrected chi connectivity index (χ3v) is 2.88. The summed E-state index contributed by atoms with van der Waals surface area (Å²) in [7, 11) is 1.63. The van der Waals surface area contributed by atoms with Crippen LogP contribution in [0.3, 0.4) is 0 Å². The number of anilines is 1. The molecule has 0 unspecified atom stereocenters. The van der Waals surface area contributed by atoms with Crippen molar-refractivity contribution in [2.75, 3.05) is 65.2 Å². The van der Waals surface area contributed by atoms with Crippen LogP contribution in [0.4, 0.5) is 10.6 Å². The number of hydrogen-bond acceptors (Lipinski definition) is 6. The molecule has 0 spiro atoms. The molecule has 138 valence electrons. The summed E-state index contributed by atoms with van der Waals surface area (Å²) >= 11 is 0. The molecule has 25 heavy (non-hydrogen) atoms. The molecule has 0 saturated heterocycles. The van der Waals surface area contributed by atoms with E-state index in [-0.39, 0.29) is 6.03 Å². The van der Waals surface area contributed by atoms with Gasteiger partial charge in [-0.25, -0.2) is 9.78 Å². The predicted octanol–water partition coefficient (Wildman–Crippen LogP) is 0.881. The van der Waals surface area contributed by atoms with Crippen LogP contribution < -0.4 is 10.6 Å². The van der Waals surface area contributed by atoms with E-state index in [1.54, 1.807) is 19.2 Å². The highest BCUT2D eigenvalue weighted by molar-refractivity contribution is 5.88. The van der Waals surface area contributed by atoms with E-state index >= 15 is 0 Å². The minimum absolute atomic E-state index is 0.353. The highest BCUT2D eigenvalue weighted by atomic mass is 16.6. The van der Waals surface area contributed by atoms with Crippen LogP contribution in [0.15, 0.2) is 18.3 Å². The number of urea groups is 1. The van der Waals surface area contributed by atoms with Crippen molar-refractivity contribution in [1.29, 1.82) is 0 Å². The average molecular weight is 351 g/mol. The van der Waals surface area contributed by atoms with Crippen LogP contribution >= 0.6 is 0 Å². The molecule has 0 aliphatic carbocycles. The average Bonchev–Trinajstić information content (AvgIpc) is 2.63. The number of rotatable bonds is 13. The van der Waals surface area contributed by atoms with E-state index in [9.17, 15) is 4.79 Å². The van der Waals surface area contributed by atoms with E-state index in [0.29, 0.717) is 64.2 Å². The van der Waals surface area contributed by atoms with E-state index in [2.05, 4.69) is 21.5 Å². The van der Waals surface area contributed by atoms with Gasteiger partial charge in [0.1, 0.15) is 5.82 Å². The van der Waals surface area contributed by atoms with Crippen molar-refractivity contribution < 1.29 is 23.7 Å². The lowest BCUT2D eigenvalue weighted by atomic mass is 10.3. The van der Waals surface area contributed by atoms with Crippen LogP contribution in [0.2, 0.25) is 0 Å². The maximum Gasteiger partial charge on any atom is 0.320 e. The normalized spacial score (nSPS) is 10.2. The molecular weight excluding hydrogens is 326 g/mol. The molecule has 2 N–H and O–H groups in total. The first-order valence-corrected chi connectivity index (χ1v) is 7.96. The summed E-state index contributed by atoms with van der Waals surface area (Å²) in [4.78, 5) is 15.7. The van der Waals surface area contributed by atoms with Gasteiger partial charge in [0.05, 0.1) is 46.2 Å². The van der Waals surface area contributed by atoms with Crippen molar-refractivity contribution in [1.82, 2.24) is 10.3 Å². The third-order valence-electron chi connectivity index (χ3n) is 2.88. The zero-order valence-electron chi connectivity index (χ0n) is 14.5. The Morgan fingerprint density at radius 1 is 1.08 bits per heavy atom. The van der Waals surface area contributed by atoms with Gasteiger partial charge in [-0.3, -0.25) is 5.32 Å².